The first-order valence-electron chi connectivity index (χ1n) is 5.33. The van der Waals surface area contributed by atoms with Crippen LogP contribution in [0.15, 0.2) is 24.3 Å². The van der Waals surface area contributed by atoms with E-state index < -0.39 is 6.61 Å². The lowest BCUT2D eigenvalue weighted by Gasteiger charge is -2.19. The van der Waals surface area contributed by atoms with Crippen LogP contribution in [0.1, 0.15) is 24.4 Å². The van der Waals surface area contributed by atoms with Crippen molar-refractivity contribution in [3.05, 3.63) is 29.8 Å². The fourth-order valence-corrected chi connectivity index (χ4v) is 1.65. The molecule has 0 aromatic heterocycles. The summed E-state index contributed by atoms with van der Waals surface area (Å²) < 4.78 is 29.0. The second-order valence-electron chi connectivity index (χ2n) is 3.50. The molecule has 0 aliphatic rings. The number of rotatable bonds is 6. The van der Waals surface area contributed by atoms with Gasteiger partial charge < -0.3 is 10.1 Å². The predicted molar refractivity (Wildman–Crippen MR) is 62.9 cm³/mol. The Hall–Kier alpha value is -1.60. The standard InChI is InChI=1S/C13H15F2NO/c1-3-4-8-11(16-2)10-7-5-6-9-12(10)17-13(14)15/h1,5-7,9,11,13,16H,4,8H2,2H3. The molecule has 0 amide bonds. The minimum atomic E-state index is -2.82. The summed E-state index contributed by atoms with van der Waals surface area (Å²) in [6.45, 7) is -2.82. The molecule has 0 saturated heterocycles. The summed E-state index contributed by atoms with van der Waals surface area (Å²) >= 11 is 0. The fraction of sp³-hybridized carbons (Fsp3) is 0.385. The Bertz CT molecular complexity index is 387. The van der Waals surface area contributed by atoms with Crippen LogP contribution in [0.5, 0.6) is 5.75 Å². The summed E-state index contributed by atoms with van der Waals surface area (Å²) in [7, 11) is 1.76. The average molecular weight is 239 g/mol. The lowest BCUT2D eigenvalue weighted by Crippen LogP contribution is -2.18. The highest BCUT2D eigenvalue weighted by molar-refractivity contribution is 5.36. The molecule has 17 heavy (non-hydrogen) atoms. The van der Waals surface area contributed by atoms with Crippen LogP contribution in [-0.4, -0.2) is 13.7 Å². The van der Waals surface area contributed by atoms with Gasteiger partial charge in [-0.05, 0) is 19.5 Å². The van der Waals surface area contributed by atoms with Crippen LogP contribution in [0, 0.1) is 12.3 Å². The molecular weight excluding hydrogens is 224 g/mol. The van der Waals surface area contributed by atoms with Gasteiger partial charge in [0.1, 0.15) is 5.75 Å². The van der Waals surface area contributed by atoms with Gasteiger partial charge in [-0.15, -0.1) is 12.3 Å². The summed E-state index contributed by atoms with van der Waals surface area (Å²) in [6, 6.07) is 6.65. The highest BCUT2D eigenvalue weighted by atomic mass is 19.3. The molecule has 1 atom stereocenters. The highest BCUT2D eigenvalue weighted by Gasteiger charge is 2.15. The molecule has 1 aromatic rings. The fourth-order valence-electron chi connectivity index (χ4n) is 1.65. The van der Waals surface area contributed by atoms with Crippen molar-refractivity contribution >= 4 is 0 Å². The van der Waals surface area contributed by atoms with E-state index in [2.05, 4.69) is 16.0 Å². The van der Waals surface area contributed by atoms with Crippen LogP contribution < -0.4 is 10.1 Å². The maximum Gasteiger partial charge on any atom is 0.387 e. The smallest absolute Gasteiger partial charge is 0.387 e. The number of benzene rings is 1. The monoisotopic (exact) mass is 239 g/mol. The van der Waals surface area contributed by atoms with Crippen LogP contribution in [0.4, 0.5) is 8.78 Å². The number of terminal acetylenes is 1. The van der Waals surface area contributed by atoms with E-state index in [9.17, 15) is 8.78 Å². The molecule has 0 spiro atoms. The Morgan fingerprint density at radius 3 is 2.71 bits per heavy atom. The van der Waals surface area contributed by atoms with Gasteiger partial charge in [-0.25, -0.2) is 0 Å². The first kappa shape index (κ1) is 13.5. The van der Waals surface area contributed by atoms with Crippen LogP contribution in [0.25, 0.3) is 0 Å². The van der Waals surface area contributed by atoms with Crippen molar-refractivity contribution < 1.29 is 13.5 Å². The highest BCUT2D eigenvalue weighted by Crippen LogP contribution is 2.28. The maximum atomic E-state index is 12.2. The van der Waals surface area contributed by atoms with E-state index in [4.69, 9.17) is 6.42 Å². The molecule has 0 radical (unpaired) electrons. The van der Waals surface area contributed by atoms with E-state index in [1.54, 1.807) is 25.2 Å². The molecule has 0 aliphatic heterocycles. The third-order valence-corrected chi connectivity index (χ3v) is 2.44. The molecule has 0 fully saturated rings. The molecule has 92 valence electrons. The molecule has 0 saturated carbocycles. The summed E-state index contributed by atoms with van der Waals surface area (Å²) in [5.41, 5.74) is 0.700. The molecule has 2 nitrogen and oxygen atoms in total. The van der Waals surface area contributed by atoms with E-state index in [-0.39, 0.29) is 11.8 Å². The Morgan fingerprint density at radius 1 is 1.41 bits per heavy atom. The molecule has 1 N–H and O–H groups in total. The van der Waals surface area contributed by atoms with E-state index in [1.807, 2.05) is 0 Å². The van der Waals surface area contributed by atoms with Crippen molar-refractivity contribution in [3.8, 4) is 18.1 Å². The van der Waals surface area contributed by atoms with Gasteiger partial charge in [-0.3, -0.25) is 0 Å². The number of alkyl halides is 2. The number of ether oxygens (including phenoxy) is 1. The van der Waals surface area contributed by atoms with E-state index in [0.717, 1.165) is 0 Å². The maximum absolute atomic E-state index is 12.2. The van der Waals surface area contributed by atoms with Gasteiger partial charge in [0, 0.05) is 18.0 Å². The Labute approximate surface area is 100.0 Å². The molecule has 0 heterocycles. The zero-order valence-corrected chi connectivity index (χ0v) is 9.62. The second-order valence-corrected chi connectivity index (χ2v) is 3.50. The van der Waals surface area contributed by atoms with Gasteiger partial charge in [0.2, 0.25) is 0 Å². The number of para-hydroxylation sites is 1. The van der Waals surface area contributed by atoms with Crippen molar-refractivity contribution in [2.24, 2.45) is 0 Å². The minimum absolute atomic E-state index is 0.0824. The van der Waals surface area contributed by atoms with Crippen molar-refractivity contribution in [1.82, 2.24) is 5.32 Å². The Morgan fingerprint density at radius 2 is 2.12 bits per heavy atom. The molecule has 1 aromatic carbocycles. The largest absolute Gasteiger partial charge is 0.434 e. The summed E-state index contributed by atoms with van der Waals surface area (Å²) in [6.07, 6.45) is 6.45. The number of halogens is 2. The molecule has 1 unspecified atom stereocenters. The normalized spacial score (nSPS) is 12.2. The first-order chi connectivity index (χ1) is 8.19. The lowest BCUT2D eigenvalue weighted by atomic mass is 10.0. The topological polar surface area (TPSA) is 21.3 Å². The molecule has 1 rings (SSSR count). The van der Waals surface area contributed by atoms with E-state index in [0.29, 0.717) is 18.4 Å². The zero-order valence-electron chi connectivity index (χ0n) is 9.62. The molecular formula is C13H15F2NO. The van der Waals surface area contributed by atoms with Crippen molar-refractivity contribution in [1.29, 1.82) is 0 Å². The second kappa shape index (κ2) is 6.87. The number of hydrogen-bond donors (Lipinski definition) is 1. The van der Waals surface area contributed by atoms with Crippen LogP contribution in [0.2, 0.25) is 0 Å². The van der Waals surface area contributed by atoms with Gasteiger partial charge in [0.05, 0.1) is 0 Å². The third-order valence-electron chi connectivity index (χ3n) is 2.44. The quantitative estimate of drug-likeness (QED) is 0.771. The predicted octanol–water partition coefficient (Wildman–Crippen LogP) is 2.96. The summed E-state index contributed by atoms with van der Waals surface area (Å²) in [5.74, 6) is 2.73. The Balaban J connectivity index is 2.89. The first-order valence-corrected chi connectivity index (χ1v) is 5.33. The van der Waals surface area contributed by atoms with Gasteiger partial charge in [-0.1, -0.05) is 18.2 Å². The van der Waals surface area contributed by atoms with Gasteiger partial charge in [-0.2, -0.15) is 8.78 Å². The zero-order chi connectivity index (χ0) is 12.7. The van der Waals surface area contributed by atoms with Crippen LogP contribution in [-0.2, 0) is 0 Å². The Kier molecular flexibility index (Phi) is 5.44. The summed E-state index contributed by atoms with van der Waals surface area (Å²) in [5, 5.41) is 3.05. The minimum Gasteiger partial charge on any atom is -0.434 e. The van der Waals surface area contributed by atoms with Crippen molar-refractivity contribution in [2.75, 3.05) is 7.05 Å². The van der Waals surface area contributed by atoms with Gasteiger partial charge in [0.25, 0.3) is 0 Å². The van der Waals surface area contributed by atoms with Gasteiger partial charge in [0.15, 0.2) is 0 Å². The average Bonchev–Trinajstić information content (AvgIpc) is 2.31. The van der Waals surface area contributed by atoms with E-state index >= 15 is 0 Å². The summed E-state index contributed by atoms with van der Waals surface area (Å²) in [4.78, 5) is 0. The van der Waals surface area contributed by atoms with E-state index in [1.165, 1.54) is 6.07 Å². The van der Waals surface area contributed by atoms with Crippen molar-refractivity contribution in [2.45, 2.75) is 25.5 Å². The molecule has 0 bridgehead atoms. The molecule has 4 heteroatoms. The van der Waals surface area contributed by atoms with Crippen LogP contribution >= 0.6 is 0 Å². The SMILES string of the molecule is C#CCCC(NC)c1ccccc1OC(F)F. The van der Waals surface area contributed by atoms with Gasteiger partial charge >= 0.3 is 6.61 Å². The van der Waals surface area contributed by atoms with Crippen LogP contribution in [0.3, 0.4) is 0 Å². The third kappa shape index (κ3) is 4.04. The lowest BCUT2D eigenvalue weighted by molar-refractivity contribution is -0.0507. The number of hydrogen-bond acceptors (Lipinski definition) is 2. The number of nitrogens with one attached hydrogen (secondary N) is 1. The molecule has 0 aliphatic carbocycles. The van der Waals surface area contributed by atoms with Crippen molar-refractivity contribution in [3.63, 3.8) is 0 Å².